The molecule has 128 valence electrons. The van der Waals surface area contributed by atoms with Crippen LogP contribution in [0.1, 0.15) is 51.4 Å². The summed E-state index contributed by atoms with van der Waals surface area (Å²) in [5, 5.41) is 3.54. The number of nitrogens with one attached hydrogen (secondary N) is 1. The molecular weight excluding hydrogens is 290 g/mol. The molecule has 2 rings (SSSR count). The maximum absolute atomic E-state index is 13.4. The van der Waals surface area contributed by atoms with Crippen molar-refractivity contribution in [2.45, 2.75) is 69.4 Å². The topological polar surface area (TPSA) is 41.6 Å². The van der Waals surface area contributed by atoms with Gasteiger partial charge in [0.25, 0.3) is 0 Å². The Morgan fingerprint density at radius 2 is 1.86 bits per heavy atom. The molecule has 0 aromatic heterocycles. The summed E-state index contributed by atoms with van der Waals surface area (Å²) in [4.78, 5) is 13.8. The Bertz CT molecular complexity index is 358. The van der Waals surface area contributed by atoms with Crippen LogP contribution in [0.15, 0.2) is 0 Å². The summed E-state index contributed by atoms with van der Waals surface area (Å²) in [7, 11) is 1.60. The Labute approximate surface area is 131 Å². The van der Waals surface area contributed by atoms with Crippen molar-refractivity contribution < 1.29 is 18.3 Å². The lowest BCUT2D eigenvalue weighted by Crippen LogP contribution is -2.47. The molecule has 0 aromatic carbocycles. The van der Waals surface area contributed by atoms with Gasteiger partial charge in [-0.15, -0.1) is 0 Å². The molecule has 2 aliphatic rings. The molecule has 1 aliphatic carbocycles. The number of rotatable bonds is 5. The van der Waals surface area contributed by atoms with Crippen LogP contribution in [0.2, 0.25) is 0 Å². The van der Waals surface area contributed by atoms with Crippen LogP contribution in [0, 0.1) is 0 Å². The van der Waals surface area contributed by atoms with Gasteiger partial charge >= 0.3 is 0 Å². The summed E-state index contributed by atoms with van der Waals surface area (Å²) < 4.78 is 31.7. The zero-order valence-corrected chi connectivity index (χ0v) is 13.5. The third-order valence-electron chi connectivity index (χ3n) is 4.79. The smallest absolute Gasteiger partial charge is 0.248 e. The fourth-order valence-electron chi connectivity index (χ4n) is 3.40. The van der Waals surface area contributed by atoms with Crippen LogP contribution < -0.4 is 5.32 Å². The van der Waals surface area contributed by atoms with Gasteiger partial charge in [0.05, 0.1) is 13.0 Å². The Morgan fingerprint density at radius 1 is 1.18 bits per heavy atom. The van der Waals surface area contributed by atoms with Gasteiger partial charge in [0.1, 0.15) is 0 Å². The molecule has 0 spiro atoms. The summed E-state index contributed by atoms with van der Waals surface area (Å²) in [6.45, 7) is 1.97. The molecular formula is C16H28F2N2O2. The number of carbonyl (C=O) groups is 1. The van der Waals surface area contributed by atoms with E-state index in [1.54, 1.807) is 7.11 Å². The number of hydrogen-bond donors (Lipinski definition) is 1. The molecule has 1 N–H and O–H groups in total. The lowest BCUT2D eigenvalue weighted by atomic mass is 10.0. The van der Waals surface area contributed by atoms with Crippen LogP contribution >= 0.6 is 0 Å². The highest BCUT2D eigenvalue weighted by atomic mass is 19.3. The van der Waals surface area contributed by atoms with E-state index in [2.05, 4.69) is 5.32 Å². The van der Waals surface area contributed by atoms with Crippen molar-refractivity contribution in [3.63, 3.8) is 0 Å². The first kappa shape index (κ1) is 17.6. The second-order valence-electron chi connectivity index (χ2n) is 6.55. The molecule has 1 atom stereocenters. The number of ether oxygens (including phenoxy) is 1. The number of carbonyl (C=O) groups excluding carboxylic acids is 1. The molecule has 1 heterocycles. The number of halogens is 2. The minimum atomic E-state index is -2.48. The molecule has 1 saturated heterocycles. The Balaban J connectivity index is 1.70. The van der Waals surface area contributed by atoms with Gasteiger partial charge in [0.15, 0.2) is 0 Å². The molecule has 1 aliphatic heterocycles. The standard InChI is InChI=1S/C16H28F2N2O2/c1-22-12-7-15(21)20-10-5-14(6-11-20)19-13-3-2-8-16(17,18)9-4-13/h13-14,19H,2-12H2,1H3. The van der Waals surface area contributed by atoms with Crippen molar-refractivity contribution in [1.29, 1.82) is 0 Å². The van der Waals surface area contributed by atoms with E-state index < -0.39 is 5.92 Å². The van der Waals surface area contributed by atoms with Crippen LogP contribution in [-0.4, -0.2) is 55.6 Å². The monoisotopic (exact) mass is 318 g/mol. The first-order valence-electron chi connectivity index (χ1n) is 8.41. The Hall–Kier alpha value is -0.750. The fourth-order valence-corrected chi connectivity index (χ4v) is 3.40. The lowest BCUT2D eigenvalue weighted by Gasteiger charge is -2.34. The van der Waals surface area contributed by atoms with Crippen molar-refractivity contribution in [3.05, 3.63) is 0 Å². The maximum atomic E-state index is 13.4. The Morgan fingerprint density at radius 3 is 2.55 bits per heavy atom. The quantitative estimate of drug-likeness (QED) is 0.792. The number of likely N-dealkylation sites (tertiary alicyclic amines) is 1. The van der Waals surface area contributed by atoms with Crippen molar-refractivity contribution in [3.8, 4) is 0 Å². The first-order chi connectivity index (χ1) is 10.5. The molecule has 0 aromatic rings. The Kier molecular flexibility index (Phi) is 6.56. The summed E-state index contributed by atoms with van der Waals surface area (Å²) >= 11 is 0. The van der Waals surface area contributed by atoms with E-state index in [1.807, 2.05) is 4.90 Å². The average Bonchev–Trinajstić information content (AvgIpc) is 2.67. The van der Waals surface area contributed by atoms with Gasteiger partial charge < -0.3 is 15.0 Å². The summed E-state index contributed by atoms with van der Waals surface area (Å²) in [5.74, 6) is -2.33. The normalized spacial score (nSPS) is 26.7. The SMILES string of the molecule is COCCC(=O)N1CCC(NC2CCCC(F)(F)CC2)CC1. The zero-order valence-electron chi connectivity index (χ0n) is 13.5. The lowest BCUT2D eigenvalue weighted by molar-refractivity contribution is -0.133. The third-order valence-corrected chi connectivity index (χ3v) is 4.79. The molecule has 2 fully saturated rings. The molecule has 1 amide bonds. The van der Waals surface area contributed by atoms with Crippen molar-refractivity contribution in [2.24, 2.45) is 0 Å². The van der Waals surface area contributed by atoms with E-state index in [0.717, 1.165) is 32.4 Å². The summed E-state index contributed by atoms with van der Waals surface area (Å²) in [6.07, 6.45) is 4.27. The highest BCUT2D eigenvalue weighted by Crippen LogP contribution is 2.32. The van der Waals surface area contributed by atoms with Gasteiger partial charge in [0.2, 0.25) is 11.8 Å². The van der Waals surface area contributed by atoms with Crippen LogP contribution in [0.5, 0.6) is 0 Å². The molecule has 4 nitrogen and oxygen atoms in total. The highest BCUT2D eigenvalue weighted by molar-refractivity contribution is 5.76. The van der Waals surface area contributed by atoms with Gasteiger partial charge in [-0.25, -0.2) is 8.78 Å². The van der Waals surface area contributed by atoms with Crippen molar-refractivity contribution in [1.82, 2.24) is 10.2 Å². The van der Waals surface area contributed by atoms with Crippen molar-refractivity contribution in [2.75, 3.05) is 26.8 Å². The number of piperidine rings is 1. The highest BCUT2D eigenvalue weighted by Gasteiger charge is 2.33. The van der Waals surface area contributed by atoms with Gasteiger partial charge in [-0.1, -0.05) is 0 Å². The minimum Gasteiger partial charge on any atom is -0.384 e. The van der Waals surface area contributed by atoms with Gasteiger partial charge in [-0.2, -0.15) is 0 Å². The van der Waals surface area contributed by atoms with E-state index in [4.69, 9.17) is 4.74 Å². The van der Waals surface area contributed by atoms with Gasteiger partial charge in [0, 0.05) is 45.1 Å². The second kappa shape index (κ2) is 8.20. The average molecular weight is 318 g/mol. The first-order valence-corrected chi connectivity index (χ1v) is 8.41. The largest absolute Gasteiger partial charge is 0.384 e. The maximum Gasteiger partial charge on any atom is 0.248 e. The summed E-state index contributed by atoms with van der Waals surface area (Å²) in [5.41, 5.74) is 0. The van der Waals surface area contributed by atoms with E-state index in [-0.39, 0.29) is 24.8 Å². The molecule has 6 heteroatoms. The molecule has 0 bridgehead atoms. The van der Waals surface area contributed by atoms with Gasteiger partial charge in [-0.05, 0) is 32.1 Å². The van der Waals surface area contributed by atoms with E-state index in [9.17, 15) is 13.6 Å². The number of nitrogens with zero attached hydrogens (tertiary/aromatic N) is 1. The van der Waals surface area contributed by atoms with Crippen LogP contribution in [0.4, 0.5) is 8.78 Å². The predicted octanol–water partition coefficient (Wildman–Crippen LogP) is 2.57. The van der Waals surface area contributed by atoms with Crippen LogP contribution in [-0.2, 0) is 9.53 Å². The summed E-state index contributed by atoms with van der Waals surface area (Å²) in [6, 6.07) is 0.553. The third kappa shape index (κ3) is 5.47. The molecule has 1 saturated carbocycles. The van der Waals surface area contributed by atoms with Crippen molar-refractivity contribution >= 4 is 5.91 Å². The van der Waals surface area contributed by atoms with Gasteiger partial charge in [-0.3, -0.25) is 4.79 Å². The van der Waals surface area contributed by atoms with Crippen LogP contribution in [0.3, 0.4) is 0 Å². The molecule has 1 unspecified atom stereocenters. The minimum absolute atomic E-state index is 0.000977. The number of amides is 1. The molecule has 0 radical (unpaired) electrons. The zero-order chi connectivity index (χ0) is 16.0. The second-order valence-corrected chi connectivity index (χ2v) is 6.55. The molecule has 22 heavy (non-hydrogen) atoms. The van der Waals surface area contributed by atoms with E-state index in [0.29, 0.717) is 31.9 Å². The van der Waals surface area contributed by atoms with Crippen LogP contribution in [0.25, 0.3) is 0 Å². The predicted molar refractivity (Wildman–Crippen MR) is 81.1 cm³/mol. The number of alkyl halides is 2. The number of hydrogen-bond acceptors (Lipinski definition) is 3. The van der Waals surface area contributed by atoms with E-state index in [1.165, 1.54) is 0 Å². The fraction of sp³-hybridized carbons (Fsp3) is 0.938. The number of methoxy groups -OCH3 is 1. The van der Waals surface area contributed by atoms with E-state index >= 15 is 0 Å².